The molecule has 3 heterocycles. The van der Waals surface area contributed by atoms with Crippen molar-refractivity contribution in [2.45, 2.75) is 38.3 Å². The maximum absolute atomic E-state index is 11.7. The Kier molecular flexibility index (Phi) is 3.70. The number of piperidine rings is 1. The van der Waals surface area contributed by atoms with Crippen LogP contribution in [-0.4, -0.2) is 46.4 Å². The Morgan fingerprint density at radius 3 is 2.74 bits per heavy atom. The van der Waals surface area contributed by atoms with Gasteiger partial charge in [-0.15, -0.1) is 11.3 Å². The molecule has 104 valence electrons. The largest absolute Gasteiger partial charge is 0.375 e. The summed E-state index contributed by atoms with van der Waals surface area (Å²) in [6.45, 7) is 4.03. The third-order valence-electron chi connectivity index (χ3n) is 4.06. The predicted molar refractivity (Wildman–Crippen MR) is 75.8 cm³/mol. The summed E-state index contributed by atoms with van der Waals surface area (Å²) < 4.78 is 0. The van der Waals surface area contributed by atoms with Gasteiger partial charge in [-0.25, -0.2) is 4.98 Å². The summed E-state index contributed by atoms with van der Waals surface area (Å²) in [6.07, 6.45) is 5.86. The number of aromatic nitrogens is 1. The second-order valence-corrected chi connectivity index (χ2v) is 6.51. The molecule has 0 atom stereocenters. The first-order valence-electron chi connectivity index (χ1n) is 6.94. The van der Waals surface area contributed by atoms with Crippen molar-refractivity contribution >= 4 is 22.4 Å². The molecule has 1 aromatic heterocycles. The molecule has 2 N–H and O–H groups in total. The van der Waals surface area contributed by atoms with Gasteiger partial charge < -0.3 is 10.6 Å². The number of nitrogen functional groups attached to an aromatic ring is 1. The number of nitrogens with two attached hydrogens (primary N) is 1. The second-order valence-electron chi connectivity index (χ2n) is 5.36. The fourth-order valence-corrected chi connectivity index (χ4v) is 3.79. The van der Waals surface area contributed by atoms with Gasteiger partial charge in [0.2, 0.25) is 5.91 Å². The van der Waals surface area contributed by atoms with Crippen LogP contribution in [0, 0.1) is 0 Å². The molecule has 2 aliphatic rings. The highest BCUT2D eigenvalue weighted by atomic mass is 32.1. The molecule has 2 fully saturated rings. The van der Waals surface area contributed by atoms with Gasteiger partial charge in [0.25, 0.3) is 0 Å². The van der Waals surface area contributed by atoms with Crippen molar-refractivity contribution in [2.75, 3.05) is 25.4 Å². The molecule has 0 unspecified atom stereocenters. The van der Waals surface area contributed by atoms with Crippen molar-refractivity contribution in [3.05, 3.63) is 11.1 Å². The van der Waals surface area contributed by atoms with Crippen LogP contribution in [0.2, 0.25) is 0 Å². The van der Waals surface area contributed by atoms with Crippen molar-refractivity contribution in [1.29, 1.82) is 0 Å². The lowest BCUT2D eigenvalue weighted by Crippen LogP contribution is -2.45. The maximum Gasteiger partial charge on any atom is 0.222 e. The molecular formula is C13H20N4OS. The maximum atomic E-state index is 11.7. The molecule has 0 aliphatic carbocycles. The van der Waals surface area contributed by atoms with Crippen LogP contribution in [0.15, 0.2) is 6.20 Å². The lowest BCUT2D eigenvalue weighted by atomic mass is 10.0. The normalized spacial score (nSPS) is 22.3. The first kappa shape index (κ1) is 12.9. The van der Waals surface area contributed by atoms with Crippen molar-refractivity contribution in [1.82, 2.24) is 14.8 Å². The van der Waals surface area contributed by atoms with E-state index in [0.717, 1.165) is 51.9 Å². The van der Waals surface area contributed by atoms with Crippen LogP contribution in [0.4, 0.5) is 5.13 Å². The van der Waals surface area contributed by atoms with Gasteiger partial charge in [-0.3, -0.25) is 9.69 Å². The van der Waals surface area contributed by atoms with Gasteiger partial charge in [0.05, 0.1) is 0 Å². The van der Waals surface area contributed by atoms with Crippen LogP contribution < -0.4 is 5.73 Å². The molecule has 2 aliphatic heterocycles. The minimum atomic E-state index is 0.355. The number of anilines is 1. The molecule has 0 radical (unpaired) electrons. The quantitative estimate of drug-likeness (QED) is 0.907. The highest BCUT2D eigenvalue weighted by molar-refractivity contribution is 7.15. The molecule has 0 saturated carbocycles. The van der Waals surface area contributed by atoms with Gasteiger partial charge in [-0.1, -0.05) is 0 Å². The molecule has 3 rings (SSSR count). The van der Waals surface area contributed by atoms with Crippen molar-refractivity contribution < 1.29 is 4.79 Å². The number of amides is 1. The Hall–Kier alpha value is -1.14. The molecule has 0 bridgehead atoms. The number of nitrogens with zero attached hydrogens (tertiary/aromatic N) is 3. The van der Waals surface area contributed by atoms with Crippen LogP contribution in [0.3, 0.4) is 0 Å². The van der Waals surface area contributed by atoms with Gasteiger partial charge in [0.15, 0.2) is 5.13 Å². The Labute approximate surface area is 117 Å². The second kappa shape index (κ2) is 5.46. The first-order chi connectivity index (χ1) is 9.22. The number of hydrogen-bond acceptors (Lipinski definition) is 5. The monoisotopic (exact) mass is 280 g/mol. The fraction of sp³-hybridized carbons (Fsp3) is 0.692. The van der Waals surface area contributed by atoms with Crippen LogP contribution >= 0.6 is 11.3 Å². The summed E-state index contributed by atoms with van der Waals surface area (Å²) in [5, 5.41) is 0.646. The summed E-state index contributed by atoms with van der Waals surface area (Å²) in [4.78, 5) is 21.6. The zero-order chi connectivity index (χ0) is 13.2. The SMILES string of the molecule is Nc1ncc(CN2CCC(N3CCCC3=O)CC2)s1. The molecular weight excluding hydrogens is 260 g/mol. The van der Waals surface area contributed by atoms with E-state index < -0.39 is 0 Å². The van der Waals surface area contributed by atoms with E-state index in [1.165, 1.54) is 4.88 Å². The van der Waals surface area contributed by atoms with Crippen LogP contribution in [0.5, 0.6) is 0 Å². The van der Waals surface area contributed by atoms with E-state index in [4.69, 9.17) is 5.73 Å². The summed E-state index contributed by atoms with van der Waals surface area (Å²) in [7, 11) is 0. The predicted octanol–water partition coefficient (Wildman–Crippen LogP) is 1.31. The first-order valence-corrected chi connectivity index (χ1v) is 7.76. The van der Waals surface area contributed by atoms with E-state index in [9.17, 15) is 4.79 Å². The number of carbonyl (C=O) groups excluding carboxylic acids is 1. The van der Waals surface area contributed by atoms with E-state index in [0.29, 0.717) is 17.1 Å². The lowest BCUT2D eigenvalue weighted by molar-refractivity contribution is -0.130. The Morgan fingerprint density at radius 2 is 2.16 bits per heavy atom. The zero-order valence-corrected chi connectivity index (χ0v) is 11.9. The molecule has 0 aromatic carbocycles. The van der Waals surface area contributed by atoms with Gasteiger partial charge in [0, 0.05) is 49.7 Å². The van der Waals surface area contributed by atoms with Crippen LogP contribution in [0.1, 0.15) is 30.6 Å². The van der Waals surface area contributed by atoms with Crippen molar-refractivity contribution in [2.24, 2.45) is 0 Å². The van der Waals surface area contributed by atoms with Crippen LogP contribution in [0.25, 0.3) is 0 Å². The van der Waals surface area contributed by atoms with Crippen LogP contribution in [-0.2, 0) is 11.3 Å². The Morgan fingerprint density at radius 1 is 1.37 bits per heavy atom. The summed E-state index contributed by atoms with van der Waals surface area (Å²) in [6, 6.07) is 0.470. The number of rotatable bonds is 3. The van der Waals surface area contributed by atoms with Gasteiger partial charge >= 0.3 is 0 Å². The highest BCUT2D eigenvalue weighted by Gasteiger charge is 2.30. The third kappa shape index (κ3) is 2.90. The van der Waals surface area contributed by atoms with E-state index in [1.807, 2.05) is 6.20 Å². The summed E-state index contributed by atoms with van der Waals surface area (Å²) in [5.74, 6) is 0.355. The van der Waals surface area contributed by atoms with E-state index in [-0.39, 0.29) is 0 Å². The minimum absolute atomic E-state index is 0.355. The van der Waals surface area contributed by atoms with Gasteiger partial charge in [-0.2, -0.15) is 0 Å². The van der Waals surface area contributed by atoms with E-state index in [1.54, 1.807) is 11.3 Å². The molecule has 1 aromatic rings. The molecule has 0 spiro atoms. The fourth-order valence-electron chi connectivity index (χ4n) is 3.06. The zero-order valence-electron chi connectivity index (χ0n) is 11.0. The van der Waals surface area contributed by atoms with E-state index >= 15 is 0 Å². The Balaban J connectivity index is 1.50. The summed E-state index contributed by atoms with van der Waals surface area (Å²) >= 11 is 1.57. The number of carbonyl (C=O) groups is 1. The number of thiazole rings is 1. The standard InChI is InChI=1S/C13H20N4OS/c14-13-15-8-11(19-13)9-16-6-3-10(4-7-16)17-5-1-2-12(17)18/h8,10H,1-7,9H2,(H2,14,15). The third-order valence-corrected chi connectivity index (χ3v) is 4.87. The topological polar surface area (TPSA) is 62.5 Å². The van der Waals surface area contributed by atoms with E-state index in [2.05, 4.69) is 14.8 Å². The molecule has 2 saturated heterocycles. The van der Waals surface area contributed by atoms with Gasteiger partial charge in [-0.05, 0) is 19.3 Å². The molecule has 19 heavy (non-hydrogen) atoms. The van der Waals surface area contributed by atoms with Gasteiger partial charge in [0.1, 0.15) is 0 Å². The minimum Gasteiger partial charge on any atom is -0.375 e. The average molecular weight is 280 g/mol. The molecule has 1 amide bonds. The number of hydrogen-bond donors (Lipinski definition) is 1. The molecule has 5 nitrogen and oxygen atoms in total. The Bertz CT molecular complexity index is 453. The summed E-state index contributed by atoms with van der Waals surface area (Å²) in [5.41, 5.74) is 5.65. The lowest BCUT2D eigenvalue weighted by Gasteiger charge is -2.36. The van der Waals surface area contributed by atoms with Crippen molar-refractivity contribution in [3.63, 3.8) is 0 Å². The number of likely N-dealkylation sites (tertiary alicyclic amines) is 2. The van der Waals surface area contributed by atoms with Crippen molar-refractivity contribution in [3.8, 4) is 0 Å². The smallest absolute Gasteiger partial charge is 0.222 e. The average Bonchev–Trinajstić information content (AvgIpc) is 3.00. The highest BCUT2D eigenvalue weighted by Crippen LogP contribution is 2.24. The molecule has 6 heteroatoms.